The molecule has 0 fully saturated rings. The summed E-state index contributed by atoms with van der Waals surface area (Å²) in [6.07, 6.45) is 0.883. The Hall–Kier alpha value is -2.61. The van der Waals surface area contributed by atoms with Crippen molar-refractivity contribution in [2.24, 2.45) is 4.99 Å². The van der Waals surface area contributed by atoms with Gasteiger partial charge in [0.05, 0.1) is 5.71 Å². The average molecular weight is 345 g/mol. The second kappa shape index (κ2) is 6.95. The lowest BCUT2D eigenvalue weighted by atomic mass is 9.86. The molecule has 0 radical (unpaired) electrons. The summed E-state index contributed by atoms with van der Waals surface area (Å²) in [5, 5.41) is 3.25. The zero-order valence-electron chi connectivity index (χ0n) is 16.5. The fourth-order valence-corrected chi connectivity index (χ4v) is 3.25. The Labute approximate surface area is 157 Å². The highest BCUT2D eigenvalue weighted by molar-refractivity contribution is 6.10. The van der Waals surface area contributed by atoms with Gasteiger partial charge in [0.25, 0.3) is 0 Å². The van der Waals surface area contributed by atoms with Crippen molar-refractivity contribution >= 4 is 17.0 Å². The molecule has 2 heteroatoms. The van der Waals surface area contributed by atoms with E-state index in [0.29, 0.717) is 0 Å². The lowest BCUT2D eigenvalue weighted by Crippen LogP contribution is -2.11. The Morgan fingerprint density at radius 1 is 0.962 bits per heavy atom. The molecule has 134 valence electrons. The van der Waals surface area contributed by atoms with E-state index in [1.165, 1.54) is 22.3 Å². The highest BCUT2D eigenvalue weighted by Gasteiger charge is 2.19. The summed E-state index contributed by atoms with van der Waals surface area (Å²) in [4.78, 5) is 4.85. The lowest BCUT2D eigenvalue weighted by molar-refractivity contribution is 0.590. The first-order chi connectivity index (χ1) is 12.2. The van der Waals surface area contributed by atoms with Crippen LogP contribution in [0.15, 0.2) is 71.5 Å². The molecule has 2 aromatic carbocycles. The van der Waals surface area contributed by atoms with Crippen LogP contribution in [0.1, 0.15) is 57.7 Å². The van der Waals surface area contributed by atoms with E-state index >= 15 is 0 Å². The van der Waals surface area contributed by atoms with Gasteiger partial charge in [0, 0.05) is 23.5 Å². The van der Waals surface area contributed by atoms with Crippen LogP contribution in [0.25, 0.3) is 5.57 Å². The summed E-state index contributed by atoms with van der Waals surface area (Å²) in [6.45, 7) is 14.7. The third-order valence-corrected chi connectivity index (χ3v) is 4.76. The molecular weight excluding hydrogens is 316 g/mol. The van der Waals surface area contributed by atoms with Gasteiger partial charge in [-0.25, -0.2) is 0 Å². The fourth-order valence-electron chi connectivity index (χ4n) is 3.25. The van der Waals surface area contributed by atoms with Crippen LogP contribution in [0.5, 0.6) is 0 Å². The average Bonchev–Trinajstić information content (AvgIpc) is 2.96. The van der Waals surface area contributed by atoms with E-state index in [1.54, 1.807) is 0 Å². The topological polar surface area (TPSA) is 24.4 Å². The van der Waals surface area contributed by atoms with E-state index in [-0.39, 0.29) is 5.41 Å². The van der Waals surface area contributed by atoms with E-state index in [4.69, 9.17) is 4.99 Å². The quantitative estimate of drug-likeness (QED) is 0.668. The highest BCUT2D eigenvalue weighted by atomic mass is 14.9. The summed E-state index contributed by atoms with van der Waals surface area (Å²) in [6, 6.07) is 17.4. The van der Waals surface area contributed by atoms with Crippen molar-refractivity contribution in [1.29, 1.82) is 0 Å². The number of aliphatic imine (C=N–C) groups is 1. The summed E-state index contributed by atoms with van der Waals surface area (Å²) in [7, 11) is 0. The molecule has 3 rings (SSSR count). The zero-order valence-corrected chi connectivity index (χ0v) is 16.5. The normalized spacial score (nSPS) is 14.4. The van der Waals surface area contributed by atoms with Crippen LogP contribution in [-0.2, 0) is 5.41 Å². The van der Waals surface area contributed by atoms with E-state index in [1.807, 2.05) is 6.92 Å². The molecule has 0 unspecified atom stereocenters. The Kier molecular flexibility index (Phi) is 4.86. The molecule has 0 saturated carbocycles. The molecule has 0 bridgehead atoms. The van der Waals surface area contributed by atoms with Gasteiger partial charge in [0.2, 0.25) is 0 Å². The van der Waals surface area contributed by atoms with Crippen molar-refractivity contribution in [3.05, 3.63) is 83.2 Å². The number of anilines is 1. The summed E-state index contributed by atoms with van der Waals surface area (Å²) < 4.78 is 0. The SMILES string of the molecule is C=C(C)Nc1ccc(C2=C(C)N=C(c3ccc(C(C)(C)C)cc3)C2)cc1. The van der Waals surface area contributed by atoms with Gasteiger partial charge in [-0.3, -0.25) is 4.99 Å². The van der Waals surface area contributed by atoms with Gasteiger partial charge in [0.1, 0.15) is 0 Å². The minimum absolute atomic E-state index is 0.176. The number of allylic oxidation sites excluding steroid dienone is 3. The van der Waals surface area contributed by atoms with E-state index in [9.17, 15) is 0 Å². The smallest absolute Gasteiger partial charge is 0.0523 e. The number of nitrogens with zero attached hydrogens (tertiary/aromatic N) is 1. The molecule has 0 aromatic heterocycles. The molecule has 0 saturated heterocycles. The van der Waals surface area contributed by atoms with Crippen LogP contribution in [0.4, 0.5) is 5.69 Å². The molecule has 26 heavy (non-hydrogen) atoms. The van der Waals surface area contributed by atoms with E-state index in [2.05, 4.69) is 88.1 Å². The van der Waals surface area contributed by atoms with Crippen molar-refractivity contribution < 1.29 is 0 Å². The highest BCUT2D eigenvalue weighted by Crippen LogP contribution is 2.32. The van der Waals surface area contributed by atoms with Crippen LogP contribution >= 0.6 is 0 Å². The lowest BCUT2D eigenvalue weighted by Gasteiger charge is -2.19. The van der Waals surface area contributed by atoms with Crippen LogP contribution < -0.4 is 5.32 Å². The summed E-state index contributed by atoms with van der Waals surface area (Å²) in [5.74, 6) is 0. The monoisotopic (exact) mass is 344 g/mol. The van der Waals surface area contributed by atoms with Crippen LogP contribution in [0.3, 0.4) is 0 Å². The summed E-state index contributed by atoms with van der Waals surface area (Å²) in [5.41, 5.74) is 9.56. The maximum Gasteiger partial charge on any atom is 0.0523 e. The Morgan fingerprint density at radius 3 is 2.08 bits per heavy atom. The van der Waals surface area contributed by atoms with Crippen LogP contribution in [0, 0.1) is 0 Å². The largest absolute Gasteiger partial charge is 0.360 e. The minimum atomic E-state index is 0.176. The number of rotatable bonds is 4. The van der Waals surface area contributed by atoms with Gasteiger partial charge >= 0.3 is 0 Å². The molecule has 1 N–H and O–H groups in total. The van der Waals surface area contributed by atoms with Gasteiger partial charge in [-0.1, -0.05) is 63.7 Å². The Morgan fingerprint density at radius 2 is 1.54 bits per heavy atom. The number of hydrogen-bond acceptors (Lipinski definition) is 2. The third-order valence-electron chi connectivity index (χ3n) is 4.76. The van der Waals surface area contributed by atoms with Crippen molar-refractivity contribution in [2.75, 3.05) is 5.32 Å². The molecule has 1 heterocycles. The Balaban J connectivity index is 1.76. The first-order valence-corrected chi connectivity index (χ1v) is 9.15. The second-order valence-corrected chi connectivity index (χ2v) is 8.11. The maximum atomic E-state index is 4.85. The molecule has 0 atom stereocenters. The van der Waals surface area contributed by atoms with Gasteiger partial charge in [0.15, 0.2) is 0 Å². The van der Waals surface area contributed by atoms with Crippen LogP contribution in [0.2, 0.25) is 0 Å². The molecule has 0 spiro atoms. The van der Waals surface area contributed by atoms with E-state index in [0.717, 1.165) is 29.2 Å². The summed E-state index contributed by atoms with van der Waals surface area (Å²) >= 11 is 0. The predicted molar refractivity (Wildman–Crippen MR) is 114 cm³/mol. The fraction of sp³-hybridized carbons (Fsp3) is 0.292. The molecule has 1 aliphatic heterocycles. The number of hydrogen-bond donors (Lipinski definition) is 1. The van der Waals surface area contributed by atoms with Gasteiger partial charge in [-0.2, -0.15) is 0 Å². The number of benzene rings is 2. The zero-order chi connectivity index (χ0) is 18.9. The maximum absolute atomic E-state index is 4.85. The second-order valence-electron chi connectivity index (χ2n) is 8.11. The van der Waals surface area contributed by atoms with Gasteiger partial charge in [-0.05, 0) is 53.7 Å². The first-order valence-electron chi connectivity index (χ1n) is 9.15. The molecule has 0 aliphatic carbocycles. The standard InChI is InChI=1S/C24H28N2/c1-16(2)25-21-13-9-18(10-14-21)22-15-23(26-17(22)3)19-7-11-20(12-8-19)24(4,5)6/h7-14,25H,1,15H2,2-6H3. The van der Waals surface area contributed by atoms with Gasteiger partial charge < -0.3 is 5.32 Å². The third kappa shape index (κ3) is 3.96. The predicted octanol–water partition coefficient (Wildman–Crippen LogP) is 6.55. The van der Waals surface area contributed by atoms with Crippen molar-refractivity contribution in [2.45, 2.75) is 46.5 Å². The molecular formula is C24H28N2. The van der Waals surface area contributed by atoms with Gasteiger partial charge in [-0.15, -0.1) is 0 Å². The van der Waals surface area contributed by atoms with Crippen molar-refractivity contribution in [3.63, 3.8) is 0 Å². The van der Waals surface area contributed by atoms with Crippen LogP contribution in [-0.4, -0.2) is 5.71 Å². The van der Waals surface area contributed by atoms with E-state index < -0.39 is 0 Å². The van der Waals surface area contributed by atoms with Crippen molar-refractivity contribution in [3.8, 4) is 0 Å². The number of nitrogens with one attached hydrogen (secondary N) is 1. The minimum Gasteiger partial charge on any atom is -0.360 e. The molecule has 1 aliphatic rings. The Bertz CT molecular complexity index is 873. The molecule has 2 aromatic rings. The van der Waals surface area contributed by atoms with Crippen molar-refractivity contribution in [1.82, 2.24) is 0 Å². The molecule has 2 nitrogen and oxygen atoms in total. The molecule has 0 amide bonds. The first kappa shape index (κ1) is 18.2.